The summed E-state index contributed by atoms with van der Waals surface area (Å²) in [6.07, 6.45) is 0.544. The highest BCUT2D eigenvalue weighted by Gasteiger charge is 2.32. The van der Waals surface area contributed by atoms with E-state index in [1.807, 2.05) is 19.9 Å². The van der Waals surface area contributed by atoms with Gasteiger partial charge < -0.3 is 13.9 Å². The number of furan rings is 1. The van der Waals surface area contributed by atoms with Gasteiger partial charge in [0.1, 0.15) is 11.5 Å². The summed E-state index contributed by atoms with van der Waals surface area (Å²) >= 11 is 0. The lowest BCUT2D eigenvalue weighted by atomic mass is 9.98. The number of rotatable bonds is 10. The lowest BCUT2D eigenvalue weighted by molar-refractivity contribution is -0.161. The third-order valence-corrected chi connectivity index (χ3v) is 4.28. The Morgan fingerprint density at radius 3 is 2.03 bits per heavy atom. The molecule has 6 heteroatoms. The molecule has 1 aromatic carbocycles. The zero-order valence-corrected chi connectivity index (χ0v) is 17.4. The van der Waals surface area contributed by atoms with E-state index in [0.717, 1.165) is 0 Å². The van der Waals surface area contributed by atoms with Gasteiger partial charge in [0, 0.05) is 18.4 Å². The summed E-state index contributed by atoms with van der Waals surface area (Å²) in [5, 5.41) is 0. The maximum Gasteiger partial charge on any atom is 0.320 e. The third-order valence-electron chi connectivity index (χ3n) is 4.28. The van der Waals surface area contributed by atoms with Crippen LogP contribution in [0.5, 0.6) is 0 Å². The van der Waals surface area contributed by atoms with Crippen molar-refractivity contribution in [1.82, 2.24) is 0 Å². The second-order valence-corrected chi connectivity index (χ2v) is 7.10. The Labute approximate surface area is 171 Å². The number of ether oxygens (including phenoxy) is 2. The van der Waals surface area contributed by atoms with Gasteiger partial charge in [-0.2, -0.15) is 0 Å². The average Bonchev–Trinajstić information content (AvgIpc) is 3.08. The minimum atomic E-state index is -1.13. The Hall–Kier alpha value is -2.89. The molecule has 2 rings (SSSR count). The summed E-state index contributed by atoms with van der Waals surface area (Å²) in [6.45, 7) is 7.71. The summed E-state index contributed by atoms with van der Waals surface area (Å²) < 4.78 is 15.9. The fourth-order valence-corrected chi connectivity index (χ4v) is 2.99. The van der Waals surface area contributed by atoms with Crippen molar-refractivity contribution in [3.8, 4) is 0 Å². The van der Waals surface area contributed by atoms with E-state index in [4.69, 9.17) is 13.9 Å². The first-order valence-corrected chi connectivity index (χ1v) is 9.91. The molecule has 1 aromatic heterocycles. The lowest BCUT2D eigenvalue weighted by Crippen LogP contribution is -2.29. The molecule has 1 heterocycles. The predicted octanol–water partition coefficient (Wildman–Crippen LogP) is 3.99. The highest BCUT2D eigenvalue weighted by atomic mass is 16.6. The van der Waals surface area contributed by atoms with Crippen LogP contribution in [-0.2, 0) is 31.9 Å². The lowest BCUT2D eigenvalue weighted by Gasteiger charge is -2.13. The fraction of sp³-hybridized carbons (Fsp3) is 0.435. The molecule has 2 aromatic rings. The van der Waals surface area contributed by atoms with Gasteiger partial charge in [-0.1, -0.05) is 44.2 Å². The van der Waals surface area contributed by atoms with E-state index >= 15 is 0 Å². The van der Waals surface area contributed by atoms with Crippen molar-refractivity contribution >= 4 is 17.7 Å². The molecule has 0 aliphatic rings. The monoisotopic (exact) mass is 400 g/mol. The van der Waals surface area contributed by atoms with Crippen LogP contribution in [-0.4, -0.2) is 30.9 Å². The molecular formula is C23H28O6. The van der Waals surface area contributed by atoms with Crippen LogP contribution in [0.4, 0.5) is 0 Å². The minimum Gasteiger partial charge on any atom is -0.465 e. The third kappa shape index (κ3) is 6.04. The summed E-state index contributed by atoms with van der Waals surface area (Å²) in [5.74, 6) is -1.41. The Morgan fingerprint density at radius 2 is 1.52 bits per heavy atom. The second-order valence-electron chi connectivity index (χ2n) is 7.10. The van der Waals surface area contributed by atoms with Crippen LogP contribution < -0.4 is 0 Å². The highest BCUT2D eigenvalue weighted by molar-refractivity contribution is 6.09. The van der Waals surface area contributed by atoms with E-state index in [2.05, 4.69) is 0 Å². The van der Waals surface area contributed by atoms with Crippen LogP contribution in [0.15, 0.2) is 40.8 Å². The molecule has 0 saturated carbocycles. The Bertz CT molecular complexity index is 816. The molecule has 29 heavy (non-hydrogen) atoms. The summed E-state index contributed by atoms with van der Waals surface area (Å²) in [6, 6.07) is 10.6. The van der Waals surface area contributed by atoms with Gasteiger partial charge in [0.15, 0.2) is 11.7 Å². The Morgan fingerprint density at radius 1 is 0.931 bits per heavy atom. The number of benzene rings is 1. The summed E-state index contributed by atoms with van der Waals surface area (Å²) in [5.41, 5.74) is 1.00. The quantitative estimate of drug-likeness (QED) is 0.341. The predicted molar refractivity (Wildman–Crippen MR) is 108 cm³/mol. The molecule has 0 aliphatic carbocycles. The standard InChI is InChI=1S/C23H28O6/c1-5-27-22(25)19(23(26)28-6-2)14-17-13-18(20(29-17)12-15(3)4)21(24)16-10-8-7-9-11-16/h7-11,13,15,19H,5-6,12,14H2,1-4H3. The van der Waals surface area contributed by atoms with Crippen LogP contribution in [0.1, 0.15) is 55.1 Å². The SMILES string of the molecule is CCOC(=O)C(Cc1cc(C(=O)c2ccccc2)c(CC(C)C)o1)C(=O)OCC. The molecule has 0 amide bonds. The molecule has 156 valence electrons. The van der Waals surface area contributed by atoms with Gasteiger partial charge in [0.05, 0.1) is 18.8 Å². The van der Waals surface area contributed by atoms with Crippen LogP contribution in [0.3, 0.4) is 0 Å². The molecule has 0 N–H and O–H groups in total. The van der Waals surface area contributed by atoms with Crippen molar-refractivity contribution in [2.24, 2.45) is 11.8 Å². The van der Waals surface area contributed by atoms with E-state index in [1.165, 1.54) is 0 Å². The van der Waals surface area contributed by atoms with Crippen LogP contribution >= 0.6 is 0 Å². The van der Waals surface area contributed by atoms with Crippen molar-refractivity contribution in [2.75, 3.05) is 13.2 Å². The van der Waals surface area contributed by atoms with E-state index < -0.39 is 17.9 Å². The van der Waals surface area contributed by atoms with Crippen molar-refractivity contribution in [2.45, 2.75) is 40.5 Å². The summed E-state index contributed by atoms with van der Waals surface area (Å²) in [4.78, 5) is 37.5. The van der Waals surface area contributed by atoms with Gasteiger partial charge in [0.25, 0.3) is 0 Å². The maximum atomic E-state index is 13.0. The molecular weight excluding hydrogens is 372 g/mol. The van der Waals surface area contributed by atoms with Crippen molar-refractivity contribution in [1.29, 1.82) is 0 Å². The topological polar surface area (TPSA) is 82.8 Å². The molecule has 0 unspecified atom stereocenters. The first-order valence-electron chi connectivity index (χ1n) is 9.91. The number of carbonyl (C=O) groups excluding carboxylic acids is 3. The molecule has 0 bridgehead atoms. The molecule has 0 saturated heterocycles. The first kappa shape index (κ1) is 22.4. The van der Waals surface area contributed by atoms with Gasteiger partial charge in [-0.25, -0.2) is 0 Å². The number of ketones is 1. The van der Waals surface area contributed by atoms with E-state index in [1.54, 1.807) is 44.2 Å². The van der Waals surface area contributed by atoms with Crippen LogP contribution in [0.25, 0.3) is 0 Å². The zero-order valence-electron chi connectivity index (χ0n) is 17.4. The van der Waals surface area contributed by atoms with Gasteiger partial charge in [0.2, 0.25) is 0 Å². The first-order chi connectivity index (χ1) is 13.9. The Balaban J connectivity index is 2.36. The molecule has 6 nitrogen and oxygen atoms in total. The van der Waals surface area contributed by atoms with Crippen LogP contribution in [0.2, 0.25) is 0 Å². The fourth-order valence-electron chi connectivity index (χ4n) is 2.99. The highest BCUT2D eigenvalue weighted by Crippen LogP contribution is 2.25. The number of carbonyl (C=O) groups is 3. The molecule has 0 aliphatic heterocycles. The van der Waals surface area contributed by atoms with Gasteiger partial charge in [-0.3, -0.25) is 14.4 Å². The maximum absolute atomic E-state index is 13.0. The normalized spacial score (nSPS) is 11.0. The molecule has 0 radical (unpaired) electrons. The number of hydrogen-bond donors (Lipinski definition) is 0. The smallest absolute Gasteiger partial charge is 0.320 e. The largest absolute Gasteiger partial charge is 0.465 e. The molecule has 0 spiro atoms. The zero-order chi connectivity index (χ0) is 21.4. The van der Waals surface area contributed by atoms with Crippen molar-refractivity contribution in [3.63, 3.8) is 0 Å². The Kier molecular flexibility index (Phi) is 8.19. The van der Waals surface area contributed by atoms with Gasteiger partial charge in [-0.05, 0) is 25.8 Å². The molecule has 0 fully saturated rings. The van der Waals surface area contributed by atoms with Crippen LogP contribution in [0, 0.1) is 11.8 Å². The number of esters is 2. The van der Waals surface area contributed by atoms with E-state index in [9.17, 15) is 14.4 Å². The number of hydrogen-bond acceptors (Lipinski definition) is 6. The van der Waals surface area contributed by atoms with Crippen molar-refractivity contribution in [3.05, 3.63) is 59.0 Å². The summed E-state index contributed by atoms with van der Waals surface area (Å²) in [7, 11) is 0. The van der Waals surface area contributed by atoms with Crippen molar-refractivity contribution < 1.29 is 28.3 Å². The van der Waals surface area contributed by atoms with Gasteiger partial charge in [-0.15, -0.1) is 0 Å². The average molecular weight is 400 g/mol. The van der Waals surface area contributed by atoms with E-state index in [0.29, 0.717) is 29.1 Å². The van der Waals surface area contributed by atoms with Gasteiger partial charge >= 0.3 is 11.9 Å². The second kappa shape index (κ2) is 10.6. The minimum absolute atomic E-state index is 0.0230. The molecule has 0 atom stereocenters. The van der Waals surface area contributed by atoms with E-state index in [-0.39, 0.29) is 31.3 Å².